The second kappa shape index (κ2) is 9.88. The predicted octanol–water partition coefficient (Wildman–Crippen LogP) is 5.76. The number of benzene rings is 2. The molecule has 4 heteroatoms. The van der Waals surface area contributed by atoms with E-state index in [9.17, 15) is 13.9 Å². The van der Waals surface area contributed by atoms with Crippen LogP contribution < -0.4 is 4.74 Å². The van der Waals surface area contributed by atoms with Crippen LogP contribution >= 0.6 is 0 Å². The van der Waals surface area contributed by atoms with E-state index in [1.807, 2.05) is 0 Å². The summed E-state index contributed by atoms with van der Waals surface area (Å²) in [5, 5.41) is 9.20. The molecule has 0 radical (unpaired) electrons. The highest BCUT2D eigenvalue weighted by Gasteiger charge is 2.13. The van der Waals surface area contributed by atoms with Crippen molar-refractivity contribution in [3.05, 3.63) is 72.3 Å². The Hall–Kier alpha value is -2.46. The molecule has 0 amide bonds. The van der Waals surface area contributed by atoms with Crippen molar-refractivity contribution in [1.29, 1.82) is 0 Å². The summed E-state index contributed by atoms with van der Waals surface area (Å²) in [5.41, 5.74) is 1.01. The minimum Gasteiger partial charge on any atom is -0.490 e. The maximum absolute atomic E-state index is 14.4. The number of halogens is 2. The Labute approximate surface area is 153 Å². The van der Waals surface area contributed by atoms with Crippen LogP contribution in [0.5, 0.6) is 5.75 Å². The van der Waals surface area contributed by atoms with Gasteiger partial charge in [-0.3, -0.25) is 0 Å². The van der Waals surface area contributed by atoms with Crippen LogP contribution in [0, 0.1) is 11.6 Å². The third-order valence-electron chi connectivity index (χ3n) is 3.94. The molecule has 0 bridgehead atoms. The van der Waals surface area contributed by atoms with Crippen LogP contribution in [-0.2, 0) is 0 Å². The Morgan fingerprint density at radius 2 is 1.85 bits per heavy atom. The van der Waals surface area contributed by atoms with Crippen LogP contribution in [0.3, 0.4) is 0 Å². The van der Waals surface area contributed by atoms with Gasteiger partial charge in [-0.05, 0) is 43.9 Å². The molecule has 1 unspecified atom stereocenters. The monoisotopic (exact) mass is 358 g/mol. The maximum atomic E-state index is 14.4. The van der Waals surface area contributed by atoms with Crippen molar-refractivity contribution in [2.45, 2.75) is 32.3 Å². The molecule has 0 aromatic heterocycles. The third kappa shape index (κ3) is 5.53. The molecule has 0 spiro atoms. The van der Waals surface area contributed by atoms with Crippen molar-refractivity contribution < 1.29 is 18.6 Å². The molecule has 2 rings (SSSR count). The molecular formula is C22H24F2O2. The van der Waals surface area contributed by atoms with E-state index in [0.29, 0.717) is 30.8 Å². The lowest BCUT2D eigenvalue weighted by Gasteiger charge is -2.08. The highest BCUT2D eigenvalue weighted by atomic mass is 19.2. The molecule has 0 saturated heterocycles. The van der Waals surface area contributed by atoms with Crippen LogP contribution in [0.1, 0.15) is 31.7 Å². The van der Waals surface area contributed by atoms with Crippen LogP contribution in [0.25, 0.3) is 17.2 Å². The SMILES string of the molecule is C=CCOc1ccc(-c2ccc(C=CCCCC(C)O)c(F)c2F)cc1. The van der Waals surface area contributed by atoms with Gasteiger partial charge in [-0.15, -0.1) is 0 Å². The van der Waals surface area contributed by atoms with Crippen molar-refractivity contribution >= 4 is 6.08 Å². The Kier molecular flexibility index (Phi) is 7.54. The van der Waals surface area contributed by atoms with Gasteiger partial charge in [-0.1, -0.05) is 49.1 Å². The fraction of sp³-hybridized carbons (Fsp3) is 0.273. The molecule has 2 aromatic carbocycles. The van der Waals surface area contributed by atoms with Gasteiger partial charge in [0, 0.05) is 11.1 Å². The highest BCUT2D eigenvalue weighted by Crippen LogP contribution is 2.28. The summed E-state index contributed by atoms with van der Waals surface area (Å²) in [6.45, 7) is 5.70. The average Bonchev–Trinajstić information content (AvgIpc) is 2.63. The predicted molar refractivity (Wildman–Crippen MR) is 102 cm³/mol. The van der Waals surface area contributed by atoms with Gasteiger partial charge in [0.05, 0.1) is 6.10 Å². The molecule has 138 valence electrons. The van der Waals surface area contributed by atoms with Gasteiger partial charge >= 0.3 is 0 Å². The fourth-order valence-electron chi connectivity index (χ4n) is 2.54. The fourth-order valence-corrected chi connectivity index (χ4v) is 2.54. The van der Waals surface area contributed by atoms with Gasteiger partial charge in [0.2, 0.25) is 0 Å². The Morgan fingerprint density at radius 1 is 1.12 bits per heavy atom. The van der Waals surface area contributed by atoms with E-state index in [1.54, 1.807) is 61.5 Å². The molecule has 26 heavy (non-hydrogen) atoms. The van der Waals surface area contributed by atoms with E-state index in [2.05, 4.69) is 6.58 Å². The lowest BCUT2D eigenvalue weighted by atomic mass is 10.0. The van der Waals surface area contributed by atoms with Crippen molar-refractivity contribution in [2.75, 3.05) is 6.61 Å². The van der Waals surface area contributed by atoms with Gasteiger partial charge in [-0.2, -0.15) is 0 Å². The summed E-state index contributed by atoms with van der Waals surface area (Å²) in [5.74, 6) is -1.08. The zero-order chi connectivity index (χ0) is 18.9. The number of aliphatic hydroxyl groups excluding tert-OH is 1. The lowest BCUT2D eigenvalue weighted by molar-refractivity contribution is 0.182. The van der Waals surface area contributed by atoms with Crippen molar-refractivity contribution in [2.24, 2.45) is 0 Å². The normalized spacial score (nSPS) is 12.3. The first-order valence-corrected chi connectivity index (χ1v) is 8.69. The van der Waals surface area contributed by atoms with E-state index < -0.39 is 11.6 Å². The van der Waals surface area contributed by atoms with Crippen LogP contribution in [-0.4, -0.2) is 17.8 Å². The molecule has 0 aliphatic heterocycles. The molecule has 0 aliphatic carbocycles. The zero-order valence-electron chi connectivity index (χ0n) is 14.9. The van der Waals surface area contributed by atoms with Crippen LogP contribution in [0.15, 0.2) is 55.1 Å². The van der Waals surface area contributed by atoms with E-state index >= 15 is 0 Å². The van der Waals surface area contributed by atoms with Gasteiger partial charge < -0.3 is 9.84 Å². The summed E-state index contributed by atoms with van der Waals surface area (Å²) in [4.78, 5) is 0. The number of hydrogen-bond acceptors (Lipinski definition) is 2. The van der Waals surface area contributed by atoms with E-state index in [0.717, 1.165) is 6.42 Å². The average molecular weight is 358 g/mol. The van der Waals surface area contributed by atoms with Crippen molar-refractivity contribution in [3.8, 4) is 16.9 Å². The second-order valence-corrected chi connectivity index (χ2v) is 6.14. The standard InChI is InChI=1S/C22H24F2O2/c1-3-15-26-19-12-9-17(10-13-19)20-14-11-18(21(23)22(20)24)8-6-4-5-7-16(2)25/h3,6,8-14,16,25H,1,4-5,7,15H2,2H3. The van der Waals surface area contributed by atoms with Crippen LogP contribution in [0.2, 0.25) is 0 Å². The molecule has 0 fully saturated rings. The van der Waals surface area contributed by atoms with Gasteiger partial charge in [0.25, 0.3) is 0 Å². The third-order valence-corrected chi connectivity index (χ3v) is 3.94. The number of aliphatic hydroxyl groups is 1. The maximum Gasteiger partial charge on any atom is 0.167 e. The Morgan fingerprint density at radius 3 is 2.50 bits per heavy atom. The number of ether oxygens (including phenoxy) is 1. The summed E-state index contributed by atoms with van der Waals surface area (Å²) < 4.78 is 34.2. The highest BCUT2D eigenvalue weighted by molar-refractivity contribution is 5.67. The molecule has 0 heterocycles. The molecular weight excluding hydrogens is 334 g/mol. The first-order chi connectivity index (χ1) is 12.5. The first kappa shape index (κ1) is 19.9. The van der Waals surface area contributed by atoms with Crippen molar-refractivity contribution in [1.82, 2.24) is 0 Å². The quantitative estimate of drug-likeness (QED) is 0.456. The largest absolute Gasteiger partial charge is 0.490 e. The minimum absolute atomic E-state index is 0.212. The molecule has 2 nitrogen and oxygen atoms in total. The smallest absolute Gasteiger partial charge is 0.167 e. The Balaban J connectivity index is 2.11. The van der Waals surface area contributed by atoms with Gasteiger partial charge in [0.1, 0.15) is 12.4 Å². The molecule has 1 atom stereocenters. The lowest BCUT2D eigenvalue weighted by Crippen LogP contribution is -1.97. The van der Waals surface area contributed by atoms with E-state index in [-0.39, 0.29) is 17.2 Å². The van der Waals surface area contributed by atoms with E-state index in [4.69, 9.17) is 4.74 Å². The number of unbranched alkanes of at least 4 members (excludes halogenated alkanes) is 1. The summed E-state index contributed by atoms with van der Waals surface area (Å²) >= 11 is 0. The minimum atomic E-state index is -0.865. The molecule has 2 aromatic rings. The summed E-state index contributed by atoms with van der Waals surface area (Å²) in [7, 11) is 0. The topological polar surface area (TPSA) is 29.5 Å². The first-order valence-electron chi connectivity index (χ1n) is 8.69. The van der Waals surface area contributed by atoms with Gasteiger partial charge in [0.15, 0.2) is 11.6 Å². The van der Waals surface area contributed by atoms with Crippen LogP contribution in [0.4, 0.5) is 8.78 Å². The second-order valence-electron chi connectivity index (χ2n) is 6.14. The molecule has 0 saturated carbocycles. The zero-order valence-corrected chi connectivity index (χ0v) is 14.9. The summed E-state index contributed by atoms with van der Waals surface area (Å²) in [6.07, 6.45) is 6.87. The molecule has 0 aliphatic rings. The Bertz CT molecular complexity index is 749. The van der Waals surface area contributed by atoms with E-state index in [1.165, 1.54) is 0 Å². The van der Waals surface area contributed by atoms with Crippen molar-refractivity contribution in [3.63, 3.8) is 0 Å². The van der Waals surface area contributed by atoms with Gasteiger partial charge in [-0.25, -0.2) is 8.78 Å². The summed E-state index contributed by atoms with van der Waals surface area (Å²) in [6, 6.07) is 9.97. The molecule has 1 N–H and O–H groups in total. The number of hydrogen-bond donors (Lipinski definition) is 1. The number of rotatable bonds is 9. The number of allylic oxidation sites excluding steroid dienone is 1.